The van der Waals surface area contributed by atoms with Crippen LogP contribution in [0.4, 0.5) is 5.69 Å². The maximum Gasteiger partial charge on any atom is 0.214 e. The summed E-state index contributed by atoms with van der Waals surface area (Å²) in [4.78, 5) is 0. The summed E-state index contributed by atoms with van der Waals surface area (Å²) >= 11 is 1.62. The van der Waals surface area contributed by atoms with Crippen LogP contribution in [0.2, 0.25) is 0 Å². The number of nitrogens with one attached hydrogen (secondary N) is 1. The number of nitrogens with two attached hydrogens (primary N) is 1. The lowest BCUT2D eigenvalue weighted by molar-refractivity contribution is 0.340. The molecule has 0 aliphatic carbocycles. The van der Waals surface area contributed by atoms with Crippen LogP contribution >= 0.6 is 11.8 Å². The van der Waals surface area contributed by atoms with Gasteiger partial charge < -0.3 is 10.5 Å². The van der Waals surface area contributed by atoms with E-state index in [-0.39, 0.29) is 17.1 Å². The molecule has 0 atom stereocenters. The molecule has 0 radical (unpaired) electrons. The summed E-state index contributed by atoms with van der Waals surface area (Å²) < 4.78 is 31.5. The summed E-state index contributed by atoms with van der Waals surface area (Å²) in [6.07, 6.45) is 1.96. The molecule has 5 nitrogen and oxygen atoms in total. The zero-order valence-electron chi connectivity index (χ0n) is 12.0. The Morgan fingerprint density at radius 3 is 2.70 bits per heavy atom. The standard InChI is InChI=1S/C13H22N2O3S2/c1-13(2,19-3)10-15-20(16,17)8-7-18-12-6-4-5-11(14)9-12/h4-6,9,15H,7-8,10,14H2,1-3H3. The van der Waals surface area contributed by atoms with Crippen molar-refractivity contribution in [3.05, 3.63) is 24.3 Å². The van der Waals surface area contributed by atoms with Crippen LogP contribution in [-0.2, 0) is 10.0 Å². The molecule has 0 aliphatic rings. The summed E-state index contributed by atoms with van der Waals surface area (Å²) in [6, 6.07) is 6.91. The Balaban J connectivity index is 2.40. The van der Waals surface area contributed by atoms with Crippen molar-refractivity contribution in [1.29, 1.82) is 0 Å². The van der Waals surface area contributed by atoms with Crippen molar-refractivity contribution in [1.82, 2.24) is 4.72 Å². The summed E-state index contributed by atoms with van der Waals surface area (Å²) in [5.74, 6) is 0.497. The molecule has 0 saturated heterocycles. The van der Waals surface area contributed by atoms with Gasteiger partial charge in [-0.05, 0) is 32.2 Å². The zero-order valence-corrected chi connectivity index (χ0v) is 13.7. The van der Waals surface area contributed by atoms with E-state index in [0.717, 1.165) is 0 Å². The smallest absolute Gasteiger partial charge is 0.214 e. The van der Waals surface area contributed by atoms with E-state index < -0.39 is 10.0 Å². The first kappa shape index (κ1) is 17.1. The molecule has 114 valence electrons. The molecule has 7 heteroatoms. The lowest BCUT2D eigenvalue weighted by Gasteiger charge is -2.22. The van der Waals surface area contributed by atoms with E-state index in [1.54, 1.807) is 36.0 Å². The normalized spacial score (nSPS) is 12.3. The van der Waals surface area contributed by atoms with E-state index >= 15 is 0 Å². The quantitative estimate of drug-likeness (QED) is 0.713. The Kier molecular flexibility index (Phi) is 6.16. The molecule has 0 amide bonds. The molecule has 0 saturated carbocycles. The molecular weight excluding hydrogens is 296 g/mol. The minimum atomic E-state index is -3.32. The second kappa shape index (κ2) is 7.19. The monoisotopic (exact) mass is 318 g/mol. The third kappa shape index (κ3) is 6.49. The Morgan fingerprint density at radius 2 is 2.10 bits per heavy atom. The van der Waals surface area contributed by atoms with Gasteiger partial charge in [0.2, 0.25) is 10.0 Å². The molecule has 1 aromatic rings. The van der Waals surface area contributed by atoms with Crippen molar-refractivity contribution in [3.8, 4) is 5.75 Å². The third-order valence-corrected chi connectivity index (χ3v) is 5.29. The van der Waals surface area contributed by atoms with Gasteiger partial charge in [0.05, 0.1) is 5.75 Å². The molecular formula is C13H22N2O3S2. The fourth-order valence-corrected chi connectivity index (χ4v) is 2.64. The first-order chi connectivity index (χ1) is 9.24. The van der Waals surface area contributed by atoms with Gasteiger partial charge in [-0.15, -0.1) is 0 Å². The van der Waals surface area contributed by atoms with Gasteiger partial charge >= 0.3 is 0 Å². The number of sulfonamides is 1. The molecule has 1 aromatic carbocycles. The third-order valence-electron chi connectivity index (χ3n) is 2.75. The van der Waals surface area contributed by atoms with Crippen LogP contribution < -0.4 is 15.2 Å². The van der Waals surface area contributed by atoms with Crippen molar-refractivity contribution < 1.29 is 13.2 Å². The highest BCUT2D eigenvalue weighted by atomic mass is 32.2. The molecule has 0 unspecified atom stereocenters. The largest absolute Gasteiger partial charge is 0.492 e. The summed E-state index contributed by atoms with van der Waals surface area (Å²) in [5, 5.41) is 0. The van der Waals surface area contributed by atoms with E-state index in [9.17, 15) is 8.42 Å². The molecule has 0 heterocycles. The van der Waals surface area contributed by atoms with Crippen molar-refractivity contribution in [3.63, 3.8) is 0 Å². The van der Waals surface area contributed by atoms with Crippen molar-refractivity contribution in [2.75, 3.05) is 30.9 Å². The number of nitrogen functional groups attached to an aromatic ring is 1. The summed E-state index contributed by atoms with van der Waals surface area (Å²) in [7, 11) is -3.32. The predicted octanol–water partition coefficient (Wildman–Crippen LogP) is 1.71. The molecule has 1 rings (SSSR count). The number of thioether (sulfide) groups is 1. The maximum absolute atomic E-state index is 11.8. The average Bonchev–Trinajstić information content (AvgIpc) is 2.37. The average molecular weight is 318 g/mol. The number of rotatable bonds is 8. The molecule has 0 bridgehead atoms. The number of anilines is 1. The van der Waals surface area contributed by atoms with Gasteiger partial charge in [0.25, 0.3) is 0 Å². The molecule has 0 spiro atoms. The fourth-order valence-electron chi connectivity index (χ4n) is 1.30. The number of hydrogen-bond acceptors (Lipinski definition) is 5. The number of benzene rings is 1. The maximum atomic E-state index is 11.8. The predicted molar refractivity (Wildman–Crippen MR) is 85.7 cm³/mol. The van der Waals surface area contributed by atoms with Crippen molar-refractivity contribution >= 4 is 27.5 Å². The van der Waals surface area contributed by atoms with Crippen LogP contribution in [0.25, 0.3) is 0 Å². The molecule has 0 aliphatic heterocycles. The minimum Gasteiger partial charge on any atom is -0.492 e. The van der Waals surface area contributed by atoms with Gasteiger partial charge in [0.1, 0.15) is 12.4 Å². The van der Waals surface area contributed by atoms with Crippen molar-refractivity contribution in [2.24, 2.45) is 0 Å². The Morgan fingerprint density at radius 1 is 1.40 bits per heavy atom. The molecule has 3 N–H and O–H groups in total. The Labute approximate surface area is 125 Å². The molecule has 0 fully saturated rings. The molecule has 0 aromatic heterocycles. The SMILES string of the molecule is CSC(C)(C)CNS(=O)(=O)CCOc1cccc(N)c1. The van der Waals surface area contributed by atoms with Gasteiger partial charge in [-0.1, -0.05) is 6.07 Å². The number of hydrogen-bond donors (Lipinski definition) is 2. The van der Waals surface area contributed by atoms with Crippen LogP contribution in [0, 0.1) is 0 Å². The van der Waals surface area contributed by atoms with Crippen molar-refractivity contribution in [2.45, 2.75) is 18.6 Å². The fraction of sp³-hybridized carbons (Fsp3) is 0.538. The lowest BCUT2D eigenvalue weighted by Crippen LogP contribution is -2.38. The zero-order chi connectivity index (χ0) is 15.2. The van der Waals surface area contributed by atoms with Gasteiger partial charge in [-0.2, -0.15) is 11.8 Å². The first-order valence-corrected chi connectivity index (χ1v) is 9.13. The van der Waals surface area contributed by atoms with Gasteiger partial charge in [-0.25, -0.2) is 13.1 Å². The topological polar surface area (TPSA) is 81.4 Å². The van der Waals surface area contributed by atoms with E-state index in [1.807, 2.05) is 20.1 Å². The van der Waals surface area contributed by atoms with E-state index in [0.29, 0.717) is 18.0 Å². The van der Waals surface area contributed by atoms with Crippen LogP contribution in [0.15, 0.2) is 24.3 Å². The highest BCUT2D eigenvalue weighted by Gasteiger charge is 2.19. The first-order valence-electron chi connectivity index (χ1n) is 6.25. The second-order valence-corrected chi connectivity index (χ2v) is 8.46. The lowest BCUT2D eigenvalue weighted by atomic mass is 10.2. The highest BCUT2D eigenvalue weighted by molar-refractivity contribution is 8.00. The van der Waals surface area contributed by atoms with Crippen LogP contribution in [0.5, 0.6) is 5.75 Å². The summed E-state index contributed by atoms with van der Waals surface area (Å²) in [5.41, 5.74) is 6.20. The van der Waals surface area contributed by atoms with E-state index in [2.05, 4.69) is 4.72 Å². The highest BCUT2D eigenvalue weighted by Crippen LogP contribution is 2.20. The van der Waals surface area contributed by atoms with Crippen LogP contribution in [-0.4, -0.2) is 38.3 Å². The minimum absolute atomic E-state index is 0.0771. The Bertz CT molecular complexity index is 530. The van der Waals surface area contributed by atoms with E-state index in [1.165, 1.54) is 0 Å². The van der Waals surface area contributed by atoms with E-state index in [4.69, 9.17) is 10.5 Å². The van der Waals surface area contributed by atoms with Gasteiger partial charge in [-0.3, -0.25) is 0 Å². The van der Waals surface area contributed by atoms with Gasteiger partial charge in [0.15, 0.2) is 0 Å². The van der Waals surface area contributed by atoms with Crippen LogP contribution in [0.3, 0.4) is 0 Å². The number of ether oxygens (including phenoxy) is 1. The van der Waals surface area contributed by atoms with Crippen LogP contribution in [0.1, 0.15) is 13.8 Å². The molecule has 20 heavy (non-hydrogen) atoms. The Hall–Kier alpha value is -0.920. The second-order valence-electron chi connectivity index (χ2n) is 5.02. The summed E-state index contributed by atoms with van der Waals surface area (Å²) in [6.45, 7) is 4.47. The van der Waals surface area contributed by atoms with Gasteiger partial charge in [0, 0.05) is 23.0 Å².